The van der Waals surface area contributed by atoms with Crippen LogP contribution in [0.4, 0.5) is 0 Å². The molecule has 0 saturated heterocycles. The van der Waals surface area contributed by atoms with Crippen LogP contribution >= 0.6 is 0 Å². The van der Waals surface area contributed by atoms with Crippen molar-refractivity contribution in [3.8, 4) is 0 Å². The smallest absolute Gasteiger partial charge is 0.0920 e. The third kappa shape index (κ3) is 9.00. The molecule has 0 heterocycles. The van der Waals surface area contributed by atoms with Crippen LogP contribution in [0.3, 0.4) is 0 Å². The van der Waals surface area contributed by atoms with Crippen molar-refractivity contribution >= 4 is 0 Å². The van der Waals surface area contributed by atoms with Crippen LogP contribution in [0.2, 0.25) is 0 Å². The van der Waals surface area contributed by atoms with E-state index in [0.29, 0.717) is 0 Å². The Kier molecular flexibility index (Phi) is 10.6. The van der Waals surface area contributed by atoms with Crippen molar-refractivity contribution in [2.45, 2.75) is 97.8 Å². The first kappa shape index (κ1) is 22.1. The van der Waals surface area contributed by atoms with Crippen LogP contribution < -0.4 is 0 Å². The zero-order valence-electron chi connectivity index (χ0n) is 18.1. The maximum Gasteiger partial charge on any atom is 0.0920 e. The molecule has 1 nitrogen and oxygen atoms in total. The SMILES string of the molecule is CCCCCCc1ccc(CCC2CC=C(OCCC(C)CC)CC2)cc1. The Bertz CT molecular complexity index is 528. The van der Waals surface area contributed by atoms with Crippen molar-refractivity contribution in [1.29, 1.82) is 0 Å². The summed E-state index contributed by atoms with van der Waals surface area (Å²) >= 11 is 0. The monoisotopic (exact) mass is 370 g/mol. The fourth-order valence-electron chi connectivity index (χ4n) is 3.85. The lowest BCUT2D eigenvalue weighted by Gasteiger charge is -2.22. The van der Waals surface area contributed by atoms with Crippen LogP contribution in [-0.2, 0) is 17.6 Å². The lowest BCUT2D eigenvalue weighted by molar-refractivity contribution is 0.171. The van der Waals surface area contributed by atoms with E-state index in [0.717, 1.165) is 24.9 Å². The molecule has 2 rings (SSSR count). The zero-order chi connectivity index (χ0) is 19.3. The molecule has 0 amide bonds. The highest BCUT2D eigenvalue weighted by molar-refractivity contribution is 5.22. The Hall–Kier alpha value is -1.24. The molecule has 0 bridgehead atoms. The Morgan fingerprint density at radius 1 is 1.00 bits per heavy atom. The third-order valence-electron chi connectivity index (χ3n) is 6.26. The van der Waals surface area contributed by atoms with E-state index in [1.54, 1.807) is 0 Å². The minimum atomic E-state index is 0.782. The molecule has 2 unspecified atom stereocenters. The number of rotatable bonds is 13. The summed E-state index contributed by atoms with van der Waals surface area (Å²) in [6.45, 7) is 7.75. The highest BCUT2D eigenvalue weighted by Crippen LogP contribution is 2.28. The molecule has 1 aromatic carbocycles. The summed E-state index contributed by atoms with van der Waals surface area (Å²) in [6, 6.07) is 9.42. The van der Waals surface area contributed by atoms with Gasteiger partial charge in [-0.05, 0) is 74.0 Å². The Morgan fingerprint density at radius 2 is 1.74 bits per heavy atom. The minimum absolute atomic E-state index is 0.782. The van der Waals surface area contributed by atoms with Gasteiger partial charge in [0.15, 0.2) is 0 Å². The second-order valence-electron chi connectivity index (χ2n) is 8.63. The second-order valence-corrected chi connectivity index (χ2v) is 8.63. The van der Waals surface area contributed by atoms with Gasteiger partial charge >= 0.3 is 0 Å². The number of allylic oxidation sites excluding steroid dienone is 2. The largest absolute Gasteiger partial charge is 0.498 e. The molecule has 0 spiro atoms. The van der Waals surface area contributed by atoms with E-state index in [9.17, 15) is 0 Å². The Labute approximate surface area is 168 Å². The van der Waals surface area contributed by atoms with Crippen molar-refractivity contribution in [3.05, 3.63) is 47.2 Å². The summed E-state index contributed by atoms with van der Waals surface area (Å²) in [4.78, 5) is 0. The topological polar surface area (TPSA) is 9.23 Å². The summed E-state index contributed by atoms with van der Waals surface area (Å²) in [5, 5.41) is 0. The van der Waals surface area contributed by atoms with Crippen LogP contribution in [0.25, 0.3) is 0 Å². The fraction of sp³-hybridized carbons (Fsp3) is 0.692. The summed E-state index contributed by atoms with van der Waals surface area (Å²) < 4.78 is 5.99. The molecule has 0 N–H and O–H groups in total. The molecule has 0 saturated carbocycles. The first-order chi connectivity index (χ1) is 13.2. The van der Waals surface area contributed by atoms with E-state index in [2.05, 4.69) is 51.1 Å². The van der Waals surface area contributed by atoms with Gasteiger partial charge in [0.05, 0.1) is 12.4 Å². The molecule has 1 aliphatic rings. The number of aryl methyl sites for hydroxylation is 2. The number of benzene rings is 1. The summed E-state index contributed by atoms with van der Waals surface area (Å²) in [5.41, 5.74) is 3.02. The number of hydrogen-bond donors (Lipinski definition) is 0. The molecule has 0 aliphatic heterocycles. The number of hydrogen-bond acceptors (Lipinski definition) is 1. The fourth-order valence-corrected chi connectivity index (χ4v) is 3.85. The van der Waals surface area contributed by atoms with Crippen molar-refractivity contribution in [2.24, 2.45) is 11.8 Å². The van der Waals surface area contributed by atoms with Crippen LogP contribution in [0.15, 0.2) is 36.1 Å². The molecular formula is C26H42O. The van der Waals surface area contributed by atoms with Crippen molar-refractivity contribution in [2.75, 3.05) is 6.61 Å². The molecule has 0 aromatic heterocycles. The predicted molar refractivity (Wildman–Crippen MR) is 118 cm³/mol. The minimum Gasteiger partial charge on any atom is -0.498 e. The standard InChI is InChI=1S/C26H42O/c1-4-6-7-8-9-23-10-12-24(13-11-23)14-15-25-16-18-26(19-17-25)27-21-20-22(3)5-2/h10-13,18,22,25H,4-9,14-17,19-21H2,1-3H3. The predicted octanol–water partition coefficient (Wildman–Crippen LogP) is 7.88. The Morgan fingerprint density at radius 3 is 2.37 bits per heavy atom. The zero-order valence-corrected chi connectivity index (χ0v) is 18.1. The van der Waals surface area contributed by atoms with Gasteiger partial charge in [-0.3, -0.25) is 0 Å². The highest BCUT2D eigenvalue weighted by Gasteiger charge is 2.15. The van der Waals surface area contributed by atoms with Gasteiger partial charge in [-0.2, -0.15) is 0 Å². The highest BCUT2D eigenvalue weighted by atomic mass is 16.5. The lowest BCUT2D eigenvalue weighted by Crippen LogP contribution is -2.10. The van der Waals surface area contributed by atoms with Gasteiger partial charge in [0.1, 0.15) is 0 Å². The number of ether oxygens (including phenoxy) is 1. The van der Waals surface area contributed by atoms with E-state index >= 15 is 0 Å². The molecule has 0 radical (unpaired) electrons. The van der Waals surface area contributed by atoms with Gasteiger partial charge in [-0.15, -0.1) is 0 Å². The van der Waals surface area contributed by atoms with Gasteiger partial charge < -0.3 is 4.74 Å². The lowest BCUT2D eigenvalue weighted by atomic mass is 9.88. The third-order valence-corrected chi connectivity index (χ3v) is 6.26. The van der Waals surface area contributed by atoms with Gasteiger partial charge in [-0.1, -0.05) is 70.7 Å². The first-order valence-electron chi connectivity index (χ1n) is 11.6. The molecule has 152 valence electrons. The quantitative estimate of drug-likeness (QED) is 0.321. The summed E-state index contributed by atoms with van der Waals surface area (Å²) in [5.74, 6) is 2.87. The van der Waals surface area contributed by atoms with E-state index < -0.39 is 0 Å². The summed E-state index contributed by atoms with van der Waals surface area (Å²) in [7, 11) is 0. The van der Waals surface area contributed by atoms with Crippen LogP contribution in [0.1, 0.15) is 96.1 Å². The van der Waals surface area contributed by atoms with E-state index in [-0.39, 0.29) is 0 Å². The van der Waals surface area contributed by atoms with Gasteiger partial charge in [0.25, 0.3) is 0 Å². The second kappa shape index (κ2) is 13.0. The number of unbranched alkanes of at least 4 members (excludes halogenated alkanes) is 3. The molecule has 1 heteroatoms. The van der Waals surface area contributed by atoms with Crippen LogP contribution in [0, 0.1) is 11.8 Å². The van der Waals surface area contributed by atoms with Gasteiger partial charge in [0.2, 0.25) is 0 Å². The van der Waals surface area contributed by atoms with E-state index in [4.69, 9.17) is 4.74 Å². The maximum absolute atomic E-state index is 5.99. The van der Waals surface area contributed by atoms with E-state index in [1.165, 1.54) is 87.5 Å². The van der Waals surface area contributed by atoms with Crippen LogP contribution in [0.5, 0.6) is 0 Å². The van der Waals surface area contributed by atoms with Crippen molar-refractivity contribution in [1.82, 2.24) is 0 Å². The first-order valence-corrected chi connectivity index (χ1v) is 11.6. The molecule has 0 fully saturated rings. The Balaban J connectivity index is 1.63. The summed E-state index contributed by atoms with van der Waals surface area (Å²) in [6.07, 6.45) is 17.6. The van der Waals surface area contributed by atoms with Crippen molar-refractivity contribution in [3.63, 3.8) is 0 Å². The van der Waals surface area contributed by atoms with Crippen molar-refractivity contribution < 1.29 is 4.74 Å². The normalized spacial score (nSPS) is 18.2. The van der Waals surface area contributed by atoms with E-state index in [1.807, 2.05) is 0 Å². The average Bonchev–Trinajstić information content (AvgIpc) is 2.71. The average molecular weight is 371 g/mol. The van der Waals surface area contributed by atoms with Crippen LogP contribution in [-0.4, -0.2) is 6.61 Å². The maximum atomic E-state index is 5.99. The van der Waals surface area contributed by atoms with Gasteiger partial charge in [0, 0.05) is 6.42 Å². The molecular weight excluding hydrogens is 328 g/mol. The molecule has 27 heavy (non-hydrogen) atoms. The molecule has 2 atom stereocenters. The van der Waals surface area contributed by atoms with Gasteiger partial charge in [-0.25, -0.2) is 0 Å². The molecule has 1 aromatic rings. The molecule has 1 aliphatic carbocycles.